The Bertz CT molecular complexity index is 1030. The van der Waals surface area contributed by atoms with Gasteiger partial charge in [-0.25, -0.2) is 0 Å². The molecule has 0 unspecified atom stereocenters. The number of aryl methyl sites for hydroxylation is 3. The van der Waals surface area contributed by atoms with Gasteiger partial charge < -0.3 is 5.32 Å². The standard InChI is InChI=1S/C20H18ClNO2/c1-10-8-12(3)14(9-11(10)2)17-18(20(24)19(17)23)22-16-7-5-6-15(21)13(16)4/h5-9,22H,1-4H3. The van der Waals surface area contributed by atoms with Gasteiger partial charge in [0, 0.05) is 10.7 Å². The van der Waals surface area contributed by atoms with Crippen molar-refractivity contribution in [3.05, 3.63) is 78.1 Å². The third-order valence-corrected chi connectivity index (χ3v) is 4.96. The van der Waals surface area contributed by atoms with E-state index in [2.05, 4.69) is 5.32 Å². The lowest BCUT2D eigenvalue weighted by Gasteiger charge is -2.18. The molecule has 0 atom stereocenters. The highest BCUT2D eigenvalue weighted by molar-refractivity contribution is 6.31. The zero-order valence-electron chi connectivity index (χ0n) is 14.1. The van der Waals surface area contributed by atoms with Crippen LogP contribution in [0.2, 0.25) is 5.02 Å². The summed E-state index contributed by atoms with van der Waals surface area (Å²) in [5, 5.41) is 3.72. The molecule has 0 saturated heterocycles. The Morgan fingerprint density at radius 2 is 1.54 bits per heavy atom. The van der Waals surface area contributed by atoms with Crippen molar-refractivity contribution in [3.63, 3.8) is 0 Å². The maximum absolute atomic E-state index is 12.2. The first-order valence-electron chi connectivity index (χ1n) is 7.75. The number of hydrogen-bond acceptors (Lipinski definition) is 3. The van der Waals surface area contributed by atoms with E-state index in [9.17, 15) is 9.59 Å². The largest absolute Gasteiger partial charge is 0.351 e. The number of nitrogens with one attached hydrogen (secondary N) is 1. The lowest BCUT2D eigenvalue weighted by atomic mass is 9.91. The van der Waals surface area contributed by atoms with E-state index in [1.54, 1.807) is 6.07 Å². The lowest BCUT2D eigenvalue weighted by molar-refractivity contribution is 1.28. The van der Waals surface area contributed by atoms with Crippen LogP contribution < -0.4 is 16.2 Å². The van der Waals surface area contributed by atoms with Crippen LogP contribution in [0.25, 0.3) is 11.1 Å². The molecule has 1 N–H and O–H groups in total. The summed E-state index contributed by atoms with van der Waals surface area (Å²) in [7, 11) is 0. The Morgan fingerprint density at radius 1 is 0.875 bits per heavy atom. The highest BCUT2D eigenvalue weighted by Gasteiger charge is 2.24. The minimum Gasteiger partial charge on any atom is -0.351 e. The summed E-state index contributed by atoms with van der Waals surface area (Å²) >= 11 is 6.13. The first-order valence-corrected chi connectivity index (χ1v) is 8.12. The van der Waals surface area contributed by atoms with E-state index in [-0.39, 0.29) is 0 Å². The van der Waals surface area contributed by atoms with Gasteiger partial charge in [0.1, 0.15) is 5.69 Å². The molecule has 4 heteroatoms. The van der Waals surface area contributed by atoms with Crippen LogP contribution >= 0.6 is 11.6 Å². The topological polar surface area (TPSA) is 46.2 Å². The summed E-state index contributed by atoms with van der Waals surface area (Å²) in [5.41, 5.74) is 5.50. The molecule has 0 saturated carbocycles. The van der Waals surface area contributed by atoms with Gasteiger partial charge in [-0.1, -0.05) is 29.8 Å². The zero-order valence-corrected chi connectivity index (χ0v) is 14.8. The molecule has 0 heterocycles. The monoisotopic (exact) mass is 339 g/mol. The molecule has 0 bridgehead atoms. The molecule has 122 valence electrons. The molecule has 0 fully saturated rings. The smallest absolute Gasteiger partial charge is 0.250 e. The van der Waals surface area contributed by atoms with Crippen LogP contribution in [0, 0.1) is 27.7 Å². The van der Waals surface area contributed by atoms with E-state index in [4.69, 9.17) is 11.6 Å². The molecule has 0 aliphatic heterocycles. The molecule has 3 aromatic carbocycles. The van der Waals surface area contributed by atoms with Crippen LogP contribution in [0.15, 0.2) is 39.9 Å². The van der Waals surface area contributed by atoms with Crippen LogP contribution in [0.5, 0.6) is 0 Å². The van der Waals surface area contributed by atoms with Crippen molar-refractivity contribution in [1.82, 2.24) is 0 Å². The van der Waals surface area contributed by atoms with Gasteiger partial charge in [-0.3, -0.25) is 9.59 Å². The summed E-state index contributed by atoms with van der Waals surface area (Å²) in [5.74, 6) is 0. The van der Waals surface area contributed by atoms with Gasteiger partial charge in [0.2, 0.25) is 5.43 Å². The van der Waals surface area contributed by atoms with E-state index in [0.29, 0.717) is 16.3 Å². The van der Waals surface area contributed by atoms with Crippen molar-refractivity contribution in [3.8, 4) is 11.1 Å². The molecule has 3 aromatic rings. The fraction of sp³-hybridized carbons (Fsp3) is 0.200. The van der Waals surface area contributed by atoms with Gasteiger partial charge in [0.15, 0.2) is 0 Å². The molecule has 0 amide bonds. The van der Waals surface area contributed by atoms with Crippen LogP contribution in [0.1, 0.15) is 22.3 Å². The quantitative estimate of drug-likeness (QED) is 0.710. The van der Waals surface area contributed by atoms with Gasteiger partial charge in [0.05, 0.1) is 5.56 Å². The van der Waals surface area contributed by atoms with Crippen molar-refractivity contribution in [2.24, 2.45) is 0 Å². The average Bonchev–Trinajstić information content (AvgIpc) is 2.55. The maximum Gasteiger partial charge on any atom is 0.250 e. The van der Waals surface area contributed by atoms with Crippen LogP contribution in [0.4, 0.5) is 11.4 Å². The Morgan fingerprint density at radius 3 is 2.25 bits per heavy atom. The second-order valence-electron chi connectivity index (χ2n) is 6.20. The molecule has 0 aliphatic rings. The molecule has 0 aliphatic carbocycles. The Kier molecular flexibility index (Phi) is 4.06. The summed E-state index contributed by atoms with van der Waals surface area (Å²) in [6, 6.07) is 9.45. The van der Waals surface area contributed by atoms with E-state index >= 15 is 0 Å². The predicted molar refractivity (Wildman–Crippen MR) is 100 cm³/mol. The van der Waals surface area contributed by atoms with E-state index < -0.39 is 10.9 Å². The fourth-order valence-corrected chi connectivity index (χ4v) is 3.05. The first-order chi connectivity index (χ1) is 11.3. The zero-order chi connectivity index (χ0) is 17.6. The summed E-state index contributed by atoms with van der Waals surface area (Å²) < 4.78 is 0. The number of halogens is 1. The van der Waals surface area contributed by atoms with Crippen molar-refractivity contribution in [2.45, 2.75) is 27.7 Å². The highest BCUT2D eigenvalue weighted by Crippen LogP contribution is 2.32. The molecular formula is C20H18ClNO2. The first kappa shape index (κ1) is 16.5. The van der Waals surface area contributed by atoms with Gasteiger partial charge >= 0.3 is 0 Å². The third-order valence-electron chi connectivity index (χ3n) is 4.55. The average molecular weight is 340 g/mol. The Balaban J connectivity index is 2.12. The number of benzene rings is 2. The normalized spacial score (nSPS) is 11.0. The lowest BCUT2D eigenvalue weighted by Crippen LogP contribution is -2.35. The number of anilines is 2. The summed E-state index contributed by atoms with van der Waals surface area (Å²) in [4.78, 5) is 24.3. The van der Waals surface area contributed by atoms with Crippen molar-refractivity contribution >= 4 is 23.0 Å². The number of hydrogen-bond donors (Lipinski definition) is 1. The minimum absolute atomic E-state index is 0.344. The molecule has 0 aromatic heterocycles. The van der Waals surface area contributed by atoms with Gasteiger partial charge in [-0.15, -0.1) is 0 Å². The van der Waals surface area contributed by atoms with Gasteiger partial charge in [-0.2, -0.15) is 0 Å². The third kappa shape index (κ3) is 2.55. The van der Waals surface area contributed by atoms with E-state index in [1.165, 1.54) is 0 Å². The van der Waals surface area contributed by atoms with Gasteiger partial charge in [-0.05, 0) is 67.6 Å². The second kappa shape index (κ2) is 5.91. The molecular weight excluding hydrogens is 322 g/mol. The molecule has 3 rings (SSSR count). The summed E-state index contributed by atoms with van der Waals surface area (Å²) in [6.45, 7) is 7.85. The maximum atomic E-state index is 12.2. The fourth-order valence-electron chi connectivity index (χ4n) is 2.88. The van der Waals surface area contributed by atoms with Crippen LogP contribution in [-0.2, 0) is 0 Å². The van der Waals surface area contributed by atoms with E-state index in [0.717, 1.165) is 33.5 Å². The molecule has 0 radical (unpaired) electrons. The molecule has 24 heavy (non-hydrogen) atoms. The van der Waals surface area contributed by atoms with E-state index in [1.807, 2.05) is 52.0 Å². The molecule has 3 nitrogen and oxygen atoms in total. The van der Waals surface area contributed by atoms with Crippen molar-refractivity contribution in [2.75, 3.05) is 5.32 Å². The van der Waals surface area contributed by atoms with Crippen molar-refractivity contribution in [1.29, 1.82) is 0 Å². The van der Waals surface area contributed by atoms with Gasteiger partial charge in [0.25, 0.3) is 5.43 Å². The second-order valence-corrected chi connectivity index (χ2v) is 6.60. The Labute approximate surface area is 145 Å². The van der Waals surface area contributed by atoms with Crippen LogP contribution in [-0.4, -0.2) is 0 Å². The highest BCUT2D eigenvalue weighted by atomic mass is 35.5. The predicted octanol–water partition coefficient (Wildman–Crippen LogP) is 4.58. The van der Waals surface area contributed by atoms with Crippen molar-refractivity contribution < 1.29 is 0 Å². The SMILES string of the molecule is Cc1cc(C)c(-c2c(Nc3cccc(Cl)c3C)c(=O)c2=O)cc1C. The minimum atomic E-state index is -0.484. The Hall–Kier alpha value is -2.39. The number of rotatable bonds is 3. The molecule has 0 spiro atoms. The van der Waals surface area contributed by atoms with Crippen LogP contribution in [0.3, 0.4) is 0 Å². The summed E-state index contributed by atoms with van der Waals surface area (Å²) in [6.07, 6.45) is 0.